The summed E-state index contributed by atoms with van der Waals surface area (Å²) in [5.41, 5.74) is 0.323. The van der Waals surface area contributed by atoms with Gasteiger partial charge >= 0.3 is 5.97 Å². The molecule has 1 amide bonds. The summed E-state index contributed by atoms with van der Waals surface area (Å²) in [6.45, 7) is 4.81. The van der Waals surface area contributed by atoms with Gasteiger partial charge < -0.3 is 18.8 Å². The van der Waals surface area contributed by atoms with Crippen molar-refractivity contribution in [3.05, 3.63) is 47.3 Å². The third-order valence-corrected chi connectivity index (χ3v) is 4.77. The minimum absolute atomic E-state index is 0.135. The number of hydrogen-bond donors (Lipinski definition) is 1. The van der Waals surface area contributed by atoms with Crippen LogP contribution in [0.1, 0.15) is 60.4 Å². The Morgan fingerprint density at radius 1 is 1.32 bits per heavy atom. The van der Waals surface area contributed by atoms with Crippen molar-refractivity contribution in [2.75, 3.05) is 6.54 Å². The van der Waals surface area contributed by atoms with E-state index in [9.17, 15) is 9.59 Å². The van der Waals surface area contributed by atoms with E-state index in [4.69, 9.17) is 13.9 Å². The molecule has 2 aromatic rings. The number of piperidine rings is 1. The van der Waals surface area contributed by atoms with Crippen LogP contribution >= 0.6 is 0 Å². The quantitative estimate of drug-likeness (QED) is 0.894. The van der Waals surface area contributed by atoms with Crippen LogP contribution in [0.5, 0.6) is 0 Å². The Labute approximate surface area is 146 Å². The van der Waals surface area contributed by atoms with E-state index >= 15 is 0 Å². The highest BCUT2D eigenvalue weighted by Gasteiger charge is 2.35. The van der Waals surface area contributed by atoms with Gasteiger partial charge in [-0.15, -0.1) is 0 Å². The van der Waals surface area contributed by atoms with Crippen molar-refractivity contribution in [1.82, 2.24) is 4.90 Å². The molecule has 3 heterocycles. The van der Waals surface area contributed by atoms with Gasteiger partial charge in [0.25, 0.3) is 5.91 Å². The lowest BCUT2D eigenvalue weighted by Crippen LogP contribution is -2.40. The van der Waals surface area contributed by atoms with Crippen molar-refractivity contribution in [2.24, 2.45) is 5.92 Å². The maximum Gasteiger partial charge on any atom is 0.311 e. The lowest BCUT2D eigenvalue weighted by Gasteiger charge is -2.37. The number of carboxylic acid groups (broad SMARTS) is 1. The fourth-order valence-electron chi connectivity index (χ4n) is 3.38. The summed E-state index contributed by atoms with van der Waals surface area (Å²) in [5.74, 6) is 1.16. The van der Waals surface area contributed by atoms with Gasteiger partial charge in [0.2, 0.25) is 0 Å². The summed E-state index contributed by atoms with van der Waals surface area (Å²) in [4.78, 5) is 25.8. The molecule has 0 spiro atoms. The number of aliphatic carboxylic acids is 1. The van der Waals surface area contributed by atoms with Crippen LogP contribution in [0.15, 0.2) is 33.3 Å². The predicted octanol–water partition coefficient (Wildman–Crippen LogP) is 3.68. The molecule has 1 aliphatic rings. The molecular weight excluding hydrogens is 322 g/mol. The Morgan fingerprint density at radius 3 is 2.80 bits per heavy atom. The van der Waals surface area contributed by atoms with Crippen molar-refractivity contribution in [3.63, 3.8) is 0 Å². The summed E-state index contributed by atoms with van der Waals surface area (Å²) < 4.78 is 11.1. The zero-order valence-corrected chi connectivity index (χ0v) is 14.5. The first-order valence-corrected chi connectivity index (χ1v) is 8.67. The Kier molecular flexibility index (Phi) is 4.97. The van der Waals surface area contributed by atoms with Crippen LogP contribution in [0.25, 0.3) is 0 Å². The Morgan fingerprint density at radius 2 is 2.12 bits per heavy atom. The number of carboxylic acids is 1. The number of rotatable bonds is 5. The molecule has 0 unspecified atom stereocenters. The maximum absolute atomic E-state index is 13.1. The van der Waals surface area contributed by atoms with Gasteiger partial charge in [-0.1, -0.05) is 13.8 Å². The first kappa shape index (κ1) is 17.3. The van der Waals surface area contributed by atoms with Gasteiger partial charge in [-0.05, 0) is 37.0 Å². The Bertz CT molecular complexity index is 759. The number of carbonyl (C=O) groups is 2. The second-order valence-corrected chi connectivity index (χ2v) is 6.63. The van der Waals surface area contributed by atoms with E-state index in [0.29, 0.717) is 18.0 Å². The Hall–Kier alpha value is -2.50. The van der Waals surface area contributed by atoms with Crippen molar-refractivity contribution in [3.8, 4) is 0 Å². The molecule has 0 aliphatic carbocycles. The highest BCUT2D eigenvalue weighted by Crippen LogP contribution is 2.36. The molecule has 2 aromatic heterocycles. The van der Waals surface area contributed by atoms with Crippen LogP contribution in [0.3, 0.4) is 0 Å². The predicted molar refractivity (Wildman–Crippen MR) is 90.3 cm³/mol. The maximum atomic E-state index is 13.1. The molecule has 1 aliphatic heterocycles. The zero-order chi connectivity index (χ0) is 18.0. The normalized spacial score (nSPS) is 20.6. The van der Waals surface area contributed by atoms with E-state index in [0.717, 1.165) is 30.8 Å². The van der Waals surface area contributed by atoms with Gasteiger partial charge in [-0.2, -0.15) is 0 Å². The van der Waals surface area contributed by atoms with Crippen molar-refractivity contribution >= 4 is 11.9 Å². The molecule has 1 saturated heterocycles. The van der Waals surface area contributed by atoms with Crippen LogP contribution < -0.4 is 0 Å². The smallest absolute Gasteiger partial charge is 0.311 e. The lowest BCUT2D eigenvalue weighted by molar-refractivity contribution is -0.136. The molecule has 1 fully saturated rings. The van der Waals surface area contributed by atoms with E-state index in [-0.39, 0.29) is 24.1 Å². The number of hydrogen-bond acceptors (Lipinski definition) is 4. The second kappa shape index (κ2) is 7.17. The van der Waals surface area contributed by atoms with Crippen molar-refractivity contribution < 1.29 is 23.5 Å². The van der Waals surface area contributed by atoms with E-state index < -0.39 is 5.97 Å². The van der Waals surface area contributed by atoms with Crippen LogP contribution in [0.2, 0.25) is 0 Å². The average molecular weight is 345 g/mol. The molecule has 134 valence electrons. The minimum Gasteiger partial charge on any atom is -0.481 e. The summed E-state index contributed by atoms with van der Waals surface area (Å²) in [6.07, 6.45) is 3.61. The van der Waals surface area contributed by atoms with Crippen molar-refractivity contribution in [2.45, 2.75) is 45.6 Å². The molecular formula is C19H23NO5. The topological polar surface area (TPSA) is 83.9 Å². The molecule has 3 rings (SSSR count). The van der Waals surface area contributed by atoms with E-state index in [2.05, 4.69) is 6.92 Å². The largest absolute Gasteiger partial charge is 0.481 e. The molecule has 0 bridgehead atoms. The second-order valence-electron chi connectivity index (χ2n) is 6.63. The fraction of sp³-hybridized carbons (Fsp3) is 0.474. The number of furan rings is 2. The van der Waals surface area contributed by atoms with Gasteiger partial charge in [0.1, 0.15) is 23.7 Å². The van der Waals surface area contributed by atoms with Crippen LogP contribution in [0.4, 0.5) is 0 Å². The van der Waals surface area contributed by atoms with E-state index in [1.54, 1.807) is 11.0 Å². The molecule has 1 N–H and O–H groups in total. The molecule has 0 radical (unpaired) electrons. The molecule has 25 heavy (non-hydrogen) atoms. The monoisotopic (exact) mass is 345 g/mol. The number of likely N-dealkylation sites (tertiary alicyclic amines) is 1. The average Bonchev–Trinajstić information content (AvgIpc) is 3.22. The van der Waals surface area contributed by atoms with Crippen LogP contribution in [-0.2, 0) is 17.6 Å². The molecule has 0 aromatic carbocycles. The number of amides is 1. The standard InChI is InChI=1S/C19H23NO5/c1-3-13-4-5-16(25-13)15-10-12(2)6-8-20(15)19(23)14-7-9-24-17(14)11-18(21)22/h4-5,7,9,12,15H,3,6,8,10-11H2,1-2H3,(H,21,22)/t12-,15-/m0/s1. The Balaban J connectivity index is 1.88. The van der Waals surface area contributed by atoms with Gasteiger partial charge in [-0.3, -0.25) is 9.59 Å². The fourth-order valence-corrected chi connectivity index (χ4v) is 3.38. The summed E-state index contributed by atoms with van der Waals surface area (Å²) in [7, 11) is 0. The van der Waals surface area contributed by atoms with Crippen LogP contribution in [0, 0.1) is 5.92 Å². The summed E-state index contributed by atoms with van der Waals surface area (Å²) in [5, 5.41) is 9.00. The first-order valence-electron chi connectivity index (χ1n) is 8.67. The summed E-state index contributed by atoms with van der Waals surface area (Å²) >= 11 is 0. The molecule has 0 saturated carbocycles. The molecule has 6 heteroatoms. The molecule has 6 nitrogen and oxygen atoms in total. The van der Waals surface area contributed by atoms with E-state index in [1.807, 2.05) is 19.1 Å². The van der Waals surface area contributed by atoms with Gasteiger partial charge in [0, 0.05) is 13.0 Å². The highest BCUT2D eigenvalue weighted by molar-refractivity contribution is 5.96. The highest BCUT2D eigenvalue weighted by atomic mass is 16.4. The zero-order valence-electron chi connectivity index (χ0n) is 14.5. The van der Waals surface area contributed by atoms with Gasteiger partial charge in [0.05, 0.1) is 17.9 Å². The summed E-state index contributed by atoms with van der Waals surface area (Å²) in [6, 6.07) is 5.31. The lowest BCUT2D eigenvalue weighted by atomic mass is 9.90. The third-order valence-electron chi connectivity index (χ3n) is 4.77. The number of aryl methyl sites for hydroxylation is 1. The van der Waals surface area contributed by atoms with Gasteiger partial charge in [-0.25, -0.2) is 0 Å². The first-order chi connectivity index (χ1) is 12.0. The SMILES string of the molecule is CCc1ccc([C@@H]2C[C@@H](C)CCN2C(=O)c2ccoc2CC(=O)O)o1. The molecule has 2 atom stereocenters. The van der Waals surface area contributed by atoms with Gasteiger partial charge in [0.15, 0.2) is 0 Å². The van der Waals surface area contributed by atoms with Crippen LogP contribution in [-0.4, -0.2) is 28.4 Å². The van der Waals surface area contributed by atoms with E-state index in [1.165, 1.54) is 6.26 Å². The number of carbonyl (C=O) groups excluding carboxylic acids is 1. The third kappa shape index (κ3) is 3.62. The minimum atomic E-state index is -1.02. The number of nitrogens with zero attached hydrogens (tertiary/aromatic N) is 1. The van der Waals surface area contributed by atoms with Crippen molar-refractivity contribution in [1.29, 1.82) is 0 Å².